The summed E-state index contributed by atoms with van der Waals surface area (Å²) in [6.07, 6.45) is 0.968. The van der Waals surface area contributed by atoms with Crippen molar-refractivity contribution in [1.29, 1.82) is 0 Å². The van der Waals surface area contributed by atoms with Crippen LogP contribution in [0.3, 0.4) is 0 Å². The largest absolute Gasteiger partial charge is 0.489 e. The van der Waals surface area contributed by atoms with Crippen LogP contribution in [0.5, 0.6) is 5.75 Å². The normalized spacial score (nSPS) is 9.93. The molecule has 0 saturated carbocycles. The first-order valence-corrected chi connectivity index (χ1v) is 5.48. The Balaban J connectivity index is 2.60. The van der Waals surface area contributed by atoms with Crippen LogP contribution in [0, 0.1) is 6.92 Å². The van der Waals surface area contributed by atoms with E-state index < -0.39 is 0 Å². The number of hydrogen-bond donors (Lipinski definition) is 0. The number of rotatable bonds is 4. The molecule has 0 unspecified atom stereocenters. The lowest BCUT2D eigenvalue weighted by atomic mass is 10.2. The topological polar surface area (TPSA) is 9.23 Å². The Morgan fingerprint density at radius 3 is 2.79 bits per heavy atom. The molecule has 0 bridgehead atoms. The molecule has 0 fully saturated rings. The minimum atomic E-state index is 0.609. The van der Waals surface area contributed by atoms with Crippen LogP contribution in [0.25, 0.3) is 0 Å². The van der Waals surface area contributed by atoms with Gasteiger partial charge in [-0.1, -0.05) is 29.4 Å². The molecular weight excluding hydrogens is 240 g/mol. The van der Waals surface area contributed by atoms with Crippen LogP contribution in [0.1, 0.15) is 18.9 Å². The van der Waals surface area contributed by atoms with Crippen LogP contribution in [0.15, 0.2) is 34.8 Å². The summed E-state index contributed by atoms with van der Waals surface area (Å²) in [4.78, 5) is 0. The van der Waals surface area contributed by atoms with E-state index in [1.165, 1.54) is 5.56 Å². The van der Waals surface area contributed by atoms with Crippen molar-refractivity contribution in [3.05, 3.63) is 40.4 Å². The smallest absolute Gasteiger partial charge is 0.120 e. The maximum atomic E-state index is 5.57. The van der Waals surface area contributed by atoms with E-state index in [-0.39, 0.29) is 0 Å². The Morgan fingerprint density at radius 1 is 1.50 bits per heavy atom. The zero-order valence-electron chi connectivity index (χ0n) is 8.64. The predicted octanol–water partition coefficient (Wildman–Crippen LogP) is 4.10. The highest BCUT2D eigenvalue weighted by Crippen LogP contribution is 2.21. The van der Waals surface area contributed by atoms with E-state index in [4.69, 9.17) is 4.74 Å². The summed E-state index contributed by atoms with van der Waals surface area (Å²) < 4.78 is 6.68. The fourth-order valence-electron chi connectivity index (χ4n) is 0.994. The molecule has 0 aliphatic rings. The Labute approximate surface area is 93.9 Å². The summed E-state index contributed by atoms with van der Waals surface area (Å²) >= 11 is 3.45. The molecule has 0 aliphatic heterocycles. The van der Waals surface area contributed by atoms with Crippen LogP contribution < -0.4 is 4.74 Å². The molecule has 2 heteroatoms. The quantitative estimate of drug-likeness (QED) is 0.736. The second-order valence-corrected chi connectivity index (χ2v) is 4.16. The van der Waals surface area contributed by atoms with E-state index in [9.17, 15) is 0 Å². The van der Waals surface area contributed by atoms with Crippen molar-refractivity contribution in [3.8, 4) is 5.75 Å². The second kappa shape index (κ2) is 5.20. The summed E-state index contributed by atoms with van der Waals surface area (Å²) in [5, 5.41) is 0. The first-order valence-electron chi connectivity index (χ1n) is 4.69. The van der Waals surface area contributed by atoms with Gasteiger partial charge in [0.2, 0.25) is 0 Å². The van der Waals surface area contributed by atoms with Crippen LogP contribution in [0.2, 0.25) is 0 Å². The Morgan fingerprint density at radius 2 is 2.21 bits per heavy atom. The molecule has 0 aliphatic carbocycles. The van der Waals surface area contributed by atoms with E-state index in [1.807, 2.05) is 25.1 Å². The van der Waals surface area contributed by atoms with Gasteiger partial charge in [-0.25, -0.2) is 0 Å². The summed E-state index contributed by atoms with van der Waals surface area (Å²) in [6, 6.07) is 5.98. The molecule has 0 saturated heterocycles. The van der Waals surface area contributed by atoms with Crippen LogP contribution in [-0.2, 0) is 0 Å². The highest BCUT2D eigenvalue weighted by molar-refractivity contribution is 9.10. The van der Waals surface area contributed by atoms with E-state index in [0.717, 1.165) is 22.2 Å². The standard InChI is InChI=1S/C12H15BrO/c1-4-9(2)8-14-11-5-6-12(13)10(3)7-11/h5-7H,2,4,8H2,1,3H3. The second-order valence-electron chi connectivity index (χ2n) is 3.30. The Kier molecular flexibility index (Phi) is 4.21. The summed E-state index contributed by atoms with van der Waals surface area (Å²) in [5.74, 6) is 0.903. The van der Waals surface area contributed by atoms with Crippen molar-refractivity contribution in [1.82, 2.24) is 0 Å². The molecule has 0 aromatic heterocycles. The van der Waals surface area contributed by atoms with Crippen molar-refractivity contribution < 1.29 is 4.74 Å². The lowest BCUT2D eigenvalue weighted by Gasteiger charge is -2.08. The lowest BCUT2D eigenvalue weighted by molar-refractivity contribution is 0.349. The van der Waals surface area contributed by atoms with Gasteiger partial charge in [0.05, 0.1) is 0 Å². The first-order chi connectivity index (χ1) is 6.63. The van der Waals surface area contributed by atoms with Crippen molar-refractivity contribution in [2.24, 2.45) is 0 Å². The van der Waals surface area contributed by atoms with Crippen LogP contribution in [0.4, 0.5) is 0 Å². The highest BCUT2D eigenvalue weighted by atomic mass is 79.9. The third kappa shape index (κ3) is 3.18. The van der Waals surface area contributed by atoms with Crippen LogP contribution in [-0.4, -0.2) is 6.61 Å². The van der Waals surface area contributed by atoms with Crippen LogP contribution >= 0.6 is 15.9 Å². The van der Waals surface area contributed by atoms with E-state index in [2.05, 4.69) is 29.4 Å². The maximum absolute atomic E-state index is 5.57. The molecule has 0 spiro atoms. The molecule has 0 radical (unpaired) electrons. The third-order valence-corrected chi connectivity index (χ3v) is 2.96. The molecule has 0 amide bonds. The first kappa shape index (κ1) is 11.3. The highest BCUT2D eigenvalue weighted by Gasteiger charge is 1.98. The van der Waals surface area contributed by atoms with Crippen molar-refractivity contribution in [3.63, 3.8) is 0 Å². The van der Waals surface area contributed by atoms with E-state index in [1.54, 1.807) is 0 Å². The molecule has 1 aromatic rings. The van der Waals surface area contributed by atoms with Gasteiger partial charge in [0.1, 0.15) is 12.4 Å². The maximum Gasteiger partial charge on any atom is 0.120 e. The summed E-state index contributed by atoms with van der Waals surface area (Å²) in [5.41, 5.74) is 2.30. The molecule has 1 nitrogen and oxygen atoms in total. The summed E-state index contributed by atoms with van der Waals surface area (Å²) in [6.45, 7) is 8.63. The number of ether oxygens (including phenoxy) is 1. The fraction of sp³-hybridized carbons (Fsp3) is 0.333. The average molecular weight is 255 g/mol. The van der Waals surface area contributed by atoms with Crippen molar-refractivity contribution in [2.45, 2.75) is 20.3 Å². The number of aryl methyl sites for hydroxylation is 1. The van der Waals surface area contributed by atoms with Gasteiger partial charge in [0.15, 0.2) is 0 Å². The van der Waals surface area contributed by atoms with E-state index in [0.29, 0.717) is 6.61 Å². The minimum absolute atomic E-state index is 0.609. The van der Waals surface area contributed by atoms with Gasteiger partial charge in [-0.05, 0) is 42.7 Å². The number of hydrogen-bond acceptors (Lipinski definition) is 1. The molecule has 1 rings (SSSR count). The van der Waals surface area contributed by atoms with Crippen molar-refractivity contribution in [2.75, 3.05) is 6.61 Å². The zero-order valence-corrected chi connectivity index (χ0v) is 10.2. The SMILES string of the molecule is C=C(CC)COc1ccc(Br)c(C)c1. The molecule has 76 valence electrons. The molecule has 14 heavy (non-hydrogen) atoms. The monoisotopic (exact) mass is 254 g/mol. The molecule has 0 atom stereocenters. The average Bonchev–Trinajstić information content (AvgIpc) is 2.19. The van der Waals surface area contributed by atoms with Crippen molar-refractivity contribution >= 4 is 15.9 Å². The van der Waals surface area contributed by atoms with Gasteiger partial charge in [-0.15, -0.1) is 0 Å². The summed E-state index contributed by atoms with van der Waals surface area (Å²) in [7, 11) is 0. The van der Waals surface area contributed by atoms with Gasteiger partial charge in [0.25, 0.3) is 0 Å². The van der Waals surface area contributed by atoms with Gasteiger partial charge in [-0.2, -0.15) is 0 Å². The van der Waals surface area contributed by atoms with Gasteiger partial charge < -0.3 is 4.74 Å². The van der Waals surface area contributed by atoms with Gasteiger partial charge in [-0.3, -0.25) is 0 Å². The molecule has 0 heterocycles. The molecule has 0 N–H and O–H groups in total. The van der Waals surface area contributed by atoms with E-state index >= 15 is 0 Å². The zero-order chi connectivity index (χ0) is 10.6. The third-order valence-electron chi connectivity index (χ3n) is 2.07. The number of halogens is 1. The molecular formula is C12H15BrO. The van der Waals surface area contributed by atoms with Gasteiger partial charge in [0, 0.05) is 4.47 Å². The number of benzene rings is 1. The Bertz CT molecular complexity index is 331. The van der Waals surface area contributed by atoms with Gasteiger partial charge >= 0.3 is 0 Å². The minimum Gasteiger partial charge on any atom is -0.489 e. The predicted molar refractivity (Wildman–Crippen MR) is 63.8 cm³/mol. The lowest BCUT2D eigenvalue weighted by Crippen LogP contribution is -1.99. The Hall–Kier alpha value is -0.760. The molecule has 1 aromatic carbocycles. The fourth-order valence-corrected chi connectivity index (χ4v) is 1.24.